The number of hydrogen-bond donors (Lipinski definition) is 1. The zero-order chi connectivity index (χ0) is 13.5. The van der Waals surface area contributed by atoms with Crippen molar-refractivity contribution in [3.63, 3.8) is 0 Å². The van der Waals surface area contributed by atoms with Crippen molar-refractivity contribution < 1.29 is 0 Å². The monoisotopic (exact) mass is 291 g/mol. The molecule has 4 heteroatoms. The number of nitrogens with zero attached hydrogens (tertiary/aromatic N) is 2. The Morgan fingerprint density at radius 3 is 2.95 bits per heavy atom. The first kappa shape index (κ1) is 13.1. The van der Waals surface area contributed by atoms with E-state index in [0.717, 1.165) is 12.0 Å². The quantitative estimate of drug-likeness (QED) is 0.904. The van der Waals surface area contributed by atoms with Crippen molar-refractivity contribution in [3.05, 3.63) is 10.6 Å². The molecule has 4 rings (SSSR count). The standard InChI is InChI=1S/C16H25N3S/c1-17-12-6-4-7-13-15(12)20-16(18-13)19-10-9-11-5-2-3-8-14(11)19/h11-12,14,17H,2-10H2,1H3. The van der Waals surface area contributed by atoms with Crippen LogP contribution in [0.3, 0.4) is 0 Å². The minimum absolute atomic E-state index is 0.551. The smallest absolute Gasteiger partial charge is 0.186 e. The Kier molecular flexibility index (Phi) is 3.47. The summed E-state index contributed by atoms with van der Waals surface area (Å²) < 4.78 is 0. The van der Waals surface area contributed by atoms with Crippen LogP contribution in [0, 0.1) is 5.92 Å². The number of rotatable bonds is 2. The van der Waals surface area contributed by atoms with Crippen molar-refractivity contribution in [2.24, 2.45) is 5.92 Å². The fourth-order valence-electron chi connectivity index (χ4n) is 4.45. The highest BCUT2D eigenvalue weighted by Crippen LogP contribution is 2.43. The van der Waals surface area contributed by atoms with Crippen molar-refractivity contribution >= 4 is 16.5 Å². The number of aryl methyl sites for hydroxylation is 1. The van der Waals surface area contributed by atoms with Gasteiger partial charge < -0.3 is 10.2 Å². The van der Waals surface area contributed by atoms with Crippen LogP contribution in [0.1, 0.15) is 61.6 Å². The highest BCUT2D eigenvalue weighted by Gasteiger charge is 2.37. The van der Waals surface area contributed by atoms with Crippen LogP contribution in [0.15, 0.2) is 0 Å². The maximum absolute atomic E-state index is 5.03. The molecule has 1 saturated carbocycles. The first-order chi connectivity index (χ1) is 9.86. The second-order valence-corrected chi connectivity index (χ2v) is 7.64. The van der Waals surface area contributed by atoms with Crippen LogP contribution in [0.2, 0.25) is 0 Å². The summed E-state index contributed by atoms with van der Waals surface area (Å²) in [7, 11) is 2.09. The zero-order valence-electron chi connectivity index (χ0n) is 12.4. The van der Waals surface area contributed by atoms with E-state index in [2.05, 4.69) is 17.3 Å². The Bertz CT molecular complexity index is 484. The number of nitrogens with one attached hydrogen (secondary N) is 1. The fraction of sp³-hybridized carbons (Fsp3) is 0.812. The maximum atomic E-state index is 5.03. The molecule has 0 spiro atoms. The summed E-state index contributed by atoms with van der Waals surface area (Å²) >= 11 is 1.97. The van der Waals surface area contributed by atoms with Crippen LogP contribution < -0.4 is 10.2 Å². The van der Waals surface area contributed by atoms with Gasteiger partial charge in [0.1, 0.15) is 0 Å². The van der Waals surface area contributed by atoms with E-state index in [-0.39, 0.29) is 0 Å². The van der Waals surface area contributed by atoms with Gasteiger partial charge in [-0.3, -0.25) is 0 Å². The molecule has 1 aromatic heterocycles. The lowest BCUT2D eigenvalue weighted by Crippen LogP contribution is -2.34. The van der Waals surface area contributed by atoms with E-state index >= 15 is 0 Å². The van der Waals surface area contributed by atoms with Crippen molar-refractivity contribution in [2.75, 3.05) is 18.5 Å². The molecule has 2 fully saturated rings. The van der Waals surface area contributed by atoms with Gasteiger partial charge in [0.15, 0.2) is 5.13 Å². The lowest BCUT2D eigenvalue weighted by molar-refractivity contribution is 0.342. The highest BCUT2D eigenvalue weighted by atomic mass is 32.1. The Balaban J connectivity index is 1.61. The SMILES string of the molecule is CNC1CCCc2nc(N3CCC4CCCCC43)sc21. The molecular formula is C16H25N3S. The van der Waals surface area contributed by atoms with Crippen LogP contribution in [-0.2, 0) is 6.42 Å². The molecule has 110 valence electrons. The Hall–Kier alpha value is -0.610. The number of aromatic nitrogens is 1. The predicted molar refractivity (Wildman–Crippen MR) is 84.6 cm³/mol. The summed E-state index contributed by atoms with van der Waals surface area (Å²) in [5.74, 6) is 0.949. The minimum atomic E-state index is 0.551. The zero-order valence-corrected chi connectivity index (χ0v) is 13.2. The molecule has 0 bridgehead atoms. The van der Waals surface area contributed by atoms with E-state index in [1.165, 1.54) is 73.6 Å². The van der Waals surface area contributed by atoms with Crippen LogP contribution in [0.25, 0.3) is 0 Å². The van der Waals surface area contributed by atoms with Gasteiger partial charge >= 0.3 is 0 Å². The van der Waals surface area contributed by atoms with E-state index in [1.54, 1.807) is 0 Å². The Morgan fingerprint density at radius 2 is 2.05 bits per heavy atom. The van der Waals surface area contributed by atoms with Crippen molar-refractivity contribution in [1.82, 2.24) is 10.3 Å². The van der Waals surface area contributed by atoms with Gasteiger partial charge in [-0.25, -0.2) is 4.98 Å². The molecular weight excluding hydrogens is 266 g/mol. The van der Waals surface area contributed by atoms with Gasteiger partial charge in [-0.2, -0.15) is 0 Å². The predicted octanol–water partition coefficient (Wildman–Crippen LogP) is 3.51. The molecule has 3 aliphatic rings. The highest BCUT2D eigenvalue weighted by molar-refractivity contribution is 7.15. The summed E-state index contributed by atoms with van der Waals surface area (Å²) in [5, 5.41) is 4.80. The topological polar surface area (TPSA) is 28.2 Å². The lowest BCUT2D eigenvalue weighted by Gasteiger charge is -2.31. The summed E-state index contributed by atoms with van der Waals surface area (Å²) in [6.45, 7) is 1.24. The van der Waals surface area contributed by atoms with E-state index in [9.17, 15) is 0 Å². The van der Waals surface area contributed by atoms with Gasteiger partial charge in [-0.05, 0) is 51.5 Å². The Morgan fingerprint density at radius 1 is 1.15 bits per heavy atom. The minimum Gasteiger partial charge on any atom is -0.345 e. The van der Waals surface area contributed by atoms with Crippen LogP contribution in [0.4, 0.5) is 5.13 Å². The molecule has 1 saturated heterocycles. The van der Waals surface area contributed by atoms with E-state index < -0.39 is 0 Å². The molecule has 2 aliphatic carbocycles. The van der Waals surface area contributed by atoms with Crippen molar-refractivity contribution in [3.8, 4) is 0 Å². The summed E-state index contributed by atoms with van der Waals surface area (Å²) in [5.41, 5.74) is 1.38. The Labute approximate surface area is 125 Å². The molecule has 20 heavy (non-hydrogen) atoms. The molecule has 0 radical (unpaired) electrons. The van der Waals surface area contributed by atoms with Gasteiger partial charge in [0.25, 0.3) is 0 Å². The van der Waals surface area contributed by atoms with Crippen LogP contribution in [0.5, 0.6) is 0 Å². The number of hydrogen-bond acceptors (Lipinski definition) is 4. The summed E-state index contributed by atoms with van der Waals surface area (Å²) in [6.07, 6.45) is 10.9. The first-order valence-electron chi connectivity index (χ1n) is 8.30. The van der Waals surface area contributed by atoms with Gasteiger partial charge in [0, 0.05) is 23.5 Å². The molecule has 0 aromatic carbocycles. The number of thiazole rings is 1. The normalized spacial score (nSPS) is 33.0. The van der Waals surface area contributed by atoms with E-state index in [4.69, 9.17) is 4.98 Å². The maximum Gasteiger partial charge on any atom is 0.186 e. The summed E-state index contributed by atoms with van der Waals surface area (Å²) in [4.78, 5) is 9.20. The van der Waals surface area contributed by atoms with Crippen LogP contribution in [-0.4, -0.2) is 24.6 Å². The molecule has 0 amide bonds. The molecule has 2 heterocycles. The molecule has 1 N–H and O–H groups in total. The fourth-order valence-corrected chi connectivity index (χ4v) is 5.79. The van der Waals surface area contributed by atoms with Crippen molar-refractivity contribution in [2.45, 2.75) is 63.5 Å². The molecule has 3 unspecified atom stereocenters. The number of anilines is 1. The third-order valence-corrected chi connectivity index (χ3v) is 6.79. The van der Waals surface area contributed by atoms with Gasteiger partial charge in [-0.15, -0.1) is 0 Å². The third-order valence-electron chi connectivity index (χ3n) is 5.54. The van der Waals surface area contributed by atoms with Crippen LogP contribution >= 0.6 is 11.3 Å². The summed E-state index contributed by atoms with van der Waals surface area (Å²) in [6, 6.07) is 1.35. The molecule has 3 nitrogen and oxygen atoms in total. The van der Waals surface area contributed by atoms with E-state index in [1.807, 2.05) is 11.3 Å². The number of fused-ring (bicyclic) bond motifs is 2. The molecule has 1 aromatic rings. The second kappa shape index (κ2) is 5.30. The average molecular weight is 291 g/mol. The average Bonchev–Trinajstić information content (AvgIpc) is 3.10. The molecule has 1 aliphatic heterocycles. The van der Waals surface area contributed by atoms with Crippen molar-refractivity contribution in [1.29, 1.82) is 0 Å². The van der Waals surface area contributed by atoms with E-state index in [0.29, 0.717) is 6.04 Å². The van der Waals surface area contributed by atoms with Gasteiger partial charge in [-0.1, -0.05) is 24.2 Å². The second-order valence-electron chi connectivity index (χ2n) is 6.63. The largest absolute Gasteiger partial charge is 0.345 e. The third kappa shape index (κ3) is 2.08. The van der Waals surface area contributed by atoms with Gasteiger partial charge in [0.05, 0.1) is 5.69 Å². The van der Waals surface area contributed by atoms with Gasteiger partial charge in [0.2, 0.25) is 0 Å². The first-order valence-corrected chi connectivity index (χ1v) is 9.12. The lowest BCUT2D eigenvalue weighted by atomic mass is 9.85. The molecule has 3 atom stereocenters.